The molecule has 0 aliphatic carbocycles. The minimum atomic E-state index is -0.532. The van der Waals surface area contributed by atoms with Crippen LogP contribution >= 0.6 is 39.3 Å². The monoisotopic (exact) mass is 580 g/mol. The molecule has 0 fully saturated rings. The number of halogens is 2. The van der Waals surface area contributed by atoms with Gasteiger partial charge in [0.05, 0.1) is 11.0 Å². The predicted molar refractivity (Wildman–Crippen MR) is 172 cm³/mol. The molecular formula is C32H36Cl2N2P2. The highest BCUT2D eigenvalue weighted by molar-refractivity contribution is 7.57. The van der Waals surface area contributed by atoms with Gasteiger partial charge in [0, 0.05) is 72.0 Å². The summed E-state index contributed by atoms with van der Waals surface area (Å²) in [4.78, 5) is 0. The molecule has 0 aliphatic heterocycles. The van der Waals surface area contributed by atoms with Crippen LogP contribution in [0, 0.1) is 0 Å². The van der Waals surface area contributed by atoms with Gasteiger partial charge in [-0.15, -0.1) is 0 Å². The van der Waals surface area contributed by atoms with Crippen LogP contribution in [0.15, 0.2) is 85.2 Å². The van der Waals surface area contributed by atoms with E-state index in [-0.39, 0.29) is 10.3 Å². The molecule has 0 saturated carbocycles. The fourth-order valence-corrected chi connectivity index (χ4v) is 10.6. The maximum Gasteiger partial charge on any atom is 0.0515 e. The van der Waals surface area contributed by atoms with Crippen LogP contribution in [0.1, 0.15) is 52.7 Å². The van der Waals surface area contributed by atoms with Crippen LogP contribution in [0.2, 0.25) is 10.0 Å². The summed E-state index contributed by atoms with van der Waals surface area (Å²) in [6.45, 7) is 14.3. The molecule has 0 aliphatic rings. The van der Waals surface area contributed by atoms with E-state index in [4.69, 9.17) is 23.2 Å². The topological polar surface area (TPSA) is 9.86 Å². The third kappa shape index (κ3) is 5.71. The third-order valence-corrected chi connectivity index (χ3v) is 13.7. The lowest BCUT2D eigenvalue weighted by Gasteiger charge is -2.35. The van der Waals surface area contributed by atoms with Gasteiger partial charge in [0.25, 0.3) is 0 Å². The van der Waals surface area contributed by atoms with Crippen molar-refractivity contribution in [3.05, 3.63) is 106 Å². The van der Waals surface area contributed by atoms with Crippen molar-refractivity contribution in [2.45, 2.75) is 64.2 Å². The Morgan fingerprint density at radius 3 is 1.34 bits per heavy atom. The van der Waals surface area contributed by atoms with Gasteiger partial charge in [0.15, 0.2) is 0 Å². The molecule has 2 unspecified atom stereocenters. The average molecular weight is 582 g/mol. The molecular weight excluding hydrogens is 545 g/mol. The van der Waals surface area contributed by atoms with Crippen molar-refractivity contribution in [2.24, 2.45) is 0 Å². The van der Waals surface area contributed by atoms with E-state index in [0.29, 0.717) is 0 Å². The summed E-state index contributed by atoms with van der Waals surface area (Å²) in [6.07, 6.45) is 6.60. The van der Waals surface area contributed by atoms with E-state index in [9.17, 15) is 0 Å². The van der Waals surface area contributed by atoms with Crippen LogP contribution < -0.4 is 0 Å². The van der Waals surface area contributed by atoms with Crippen LogP contribution in [0.3, 0.4) is 0 Å². The van der Waals surface area contributed by atoms with Gasteiger partial charge < -0.3 is 8.68 Å². The van der Waals surface area contributed by atoms with E-state index in [1.807, 2.05) is 12.1 Å². The number of nitrogens with zero attached hydrogens (tertiary/aromatic N) is 2. The molecule has 0 amide bonds. The van der Waals surface area contributed by atoms with E-state index >= 15 is 0 Å². The zero-order chi connectivity index (χ0) is 27.2. The molecule has 6 heteroatoms. The summed E-state index contributed by atoms with van der Waals surface area (Å²) in [5, 5.41) is 4.26. The standard InChI is InChI=1S/C32H36Cl2N2P2/c1-31(2,3)37(35-17-15-23-19-27(33)11-13-29(23)35)21-25-9-7-8-10-26(25)22-38(32(4,5)6)36-18-16-24-20-28(34)12-14-30(24)36/h7-20H,21-22H2,1-6H3. The van der Waals surface area contributed by atoms with Gasteiger partial charge in [0.1, 0.15) is 0 Å². The number of hydrogen-bond donors (Lipinski definition) is 0. The molecule has 38 heavy (non-hydrogen) atoms. The zero-order valence-electron chi connectivity index (χ0n) is 23.0. The summed E-state index contributed by atoms with van der Waals surface area (Å²) in [5.41, 5.74) is 5.45. The molecule has 2 nitrogen and oxygen atoms in total. The fourth-order valence-electron chi connectivity index (χ4n) is 5.08. The van der Waals surface area contributed by atoms with Crippen LogP contribution in [0.25, 0.3) is 21.8 Å². The van der Waals surface area contributed by atoms with Crippen molar-refractivity contribution < 1.29 is 0 Å². The number of hydrogen-bond acceptors (Lipinski definition) is 0. The summed E-state index contributed by atoms with van der Waals surface area (Å²) >= 11 is 12.6. The first-order chi connectivity index (χ1) is 17.9. The second kappa shape index (κ2) is 10.6. The average Bonchev–Trinajstić information content (AvgIpc) is 3.43. The molecule has 0 radical (unpaired) electrons. The maximum atomic E-state index is 6.31. The predicted octanol–water partition coefficient (Wildman–Crippen LogP) is 11.4. The molecule has 3 aromatic carbocycles. The first kappa shape index (κ1) is 27.7. The van der Waals surface area contributed by atoms with E-state index in [1.54, 1.807) is 0 Å². The van der Waals surface area contributed by atoms with Crippen LogP contribution in [-0.2, 0) is 12.3 Å². The molecule has 0 bridgehead atoms. The Kier molecular flexibility index (Phi) is 7.76. The van der Waals surface area contributed by atoms with Gasteiger partial charge in [-0.2, -0.15) is 0 Å². The fraction of sp³-hybridized carbons (Fsp3) is 0.312. The molecule has 5 rings (SSSR count). The SMILES string of the molecule is CC(C)(C)P(Cc1ccccc1CP(n1ccc2cc(Cl)ccc21)C(C)(C)C)n1ccc2cc(Cl)ccc21. The highest BCUT2D eigenvalue weighted by atomic mass is 35.5. The lowest BCUT2D eigenvalue weighted by atomic mass is 10.1. The van der Waals surface area contributed by atoms with Crippen LogP contribution in [0.5, 0.6) is 0 Å². The molecule has 0 saturated heterocycles. The van der Waals surface area contributed by atoms with Crippen LogP contribution in [-0.4, -0.2) is 19.0 Å². The van der Waals surface area contributed by atoms with Gasteiger partial charge in [-0.25, -0.2) is 0 Å². The molecule has 0 N–H and O–H groups in total. The first-order valence-corrected chi connectivity index (χ1v) is 16.8. The molecule has 198 valence electrons. The van der Waals surface area contributed by atoms with Crippen molar-refractivity contribution in [1.82, 2.24) is 8.68 Å². The van der Waals surface area contributed by atoms with Crippen LogP contribution in [0.4, 0.5) is 0 Å². The highest BCUT2D eigenvalue weighted by Gasteiger charge is 2.31. The quantitative estimate of drug-likeness (QED) is 0.177. The largest absolute Gasteiger partial charge is 0.325 e. The minimum absolute atomic E-state index is 0.138. The van der Waals surface area contributed by atoms with Crippen molar-refractivity contribution in [3.8, 4) is 0 Å². The summed E-state index contributed by atoms with van der Waals surface area (Å²) in [7, 11) is -1.06. The van der Waals surface area contributed by atoms with E-state index in [0.717, 1.165) is 22.4 Å². The van der Waals surface area contributed by atoms with Gasteiger partial charge in [0.2, 0.25) is 0 Å². The van der Waals surface area contributed by atoms with Crippen molar-refractivity contribution in [2.75, 3.05) is 0 Å². The lowest BCUT2D eigenvalue weighted by Crippen LogP contribution is -2.19. The summed E-state index contributed by atoms with van der Waals surface area (Å²) in [5.74, 6) is 0. The van der Waals surface area contributed by atoms with Gasteiger partial charge >= 0.3 is 0 Å². The Bertz CT molecular complexity index is 1470. The molecule has 0 spiro atoms. The van der Waals surface area contributed by atoms with E-state index in [1.165, 1.54) is 32.9 Å². The number of rotatable bonds is 6. The summed E-state index contributed by atoms with van der Waals surface area (Å²) in [6, 6.07) is 26.0. The molecule has 2 aromatic heterocycles. The smallest absolute Gasteiger partial charge is 0.0515 e. The number of benzene rings is 3. The van der Waals surface area contributed by atoms with Crippen molar-refractivity contribution in [3.63, 3.8) is 0 Å². The van der Waals surface area contributed by atoms with E-state index in [2.05, 4.69) is 123 Å². The highest BCUT2D eigenvalue weighted by Crippen LogP contribution is 2.58. The number of aromatic nitrogens is 2. The minimum Gasteiger partial charge on any atom is -0.325 e. The van der Waals surface area contributed by atoms with Gasteiger partial charge in [-0.1, -0.05) is 89.0 Å². The Labute approximate surface area is 239 Å². The second-order valence-electron chi connectivity index (χ2n) is 12.0. The summed E-state index contributed by atoms with van der Waals surface area (Å²) < 4.78 is 5.04. The maximum absolute atomic E-state index is 6.31. The normalized spacial score (nSPS) is 14.3. The Balaban J connectivity index is 1.54. The molecule has 2 atom stereocenters. The van der Waals surface area contributed by atoms with Crippen molar-refractivity contribution in [1.29, 1.82) is 0 Å². The first-order valence-electron chi connectivity index (χ1n) is 13.1. The second-order valence-corrected chi connectivity index (χ2v) is 18.6. The van der Waals surface area contributed by atoms with Crippen molar-refractivity contribution >= 4 is 61.2 Å². The number of fused-ring (bicyclic) bond motifs is 2. The van der Waals surface area contributed by atoms with E-state index < -0.39 is 16.1 Å². The molecule has 5 aromatic rings. The third-order valence-electron chi connectivity index (χ3n) is 7.09. The zero-order valence-corrected chi connectivity index (χ0v) is 26.3. The Hall–Kier alpha value is -1.82. The Morgan fingerprint density at radius 2 is 0.974 bits per heavy atom. The molecule has 2 heterocycles. The van der Waals surface area contributed by atoms with Gasteiger partial charge in [-0.05, 0) is 59.7 Å². The lowest BCUT2D eigenvalue weighted by molar-refractivity contribution is 0.767. The van der Waals surface area contributed by atoms with Gasteiger partial charge in [-0.3, -0.25) is 0 Å². The Morgan fingerprint density at radius 1 is 0.579 bits per heavy atom.